The largest absolute Gasteiger partial charge is 0.472 e. The second-order valence-electron chi connectivity index (χ2n) is 18.1. The van der Waals surface area contributed by atoms with E-state index in [0.717, 1.165) is 59.4 Å². The number of carbonyl (C=O) groups is 5. The molecule has 2 aromatic carbocycles. The number of alkyl halides is 3. The summed E-state index contributed by atoms with van der Waals surface area (Å²) in [6.45, 7) is 10.6. The van der Waals surface area contributed by atoms with Crippen molar-refractivity contribution in [1.29, 1.82) is 0 Å². The molecule has 0 N–H and O–H groups in total. The molecule has 0 atom stereocenters. The van der Waals surface area contributed by atoms with Gasteiger partial charge in [0.15, 0.2) is 5.82 Å². The van der Waals surface area contributed by atoms with Gasteiger partial charge in [-0.05, 0) is 138 Å². The zero-order valence-electron chi connectivity index (χ0n) is 37.8. The van der Waals surface area contributed by atoms with E-state index in [1.54, 1.807) is 27.0 Å². The van der Waals surface area contributed by atoms with Gasteiger partial charge in [-0.3, -0.25) is 23.8 Å². The fourth-order valence-corrected chi connectivity index (χ4v) is 7.43. The van der Waals surface area contributed by atoms with Crippen LogP contribution in [0.3, 0.4) is 0 Å². The normalized spacial score (nSPS) is 14.0. The molecule has 2 fully saturated rings. The highest BCUT2D eigenvalue weighted by atomic mass is 19.4. The molecule has 17 heteroatoms. The molecule has 14 nitrogen and oxygen atoms in total. The highest BCUT2D eigenvalue weighted by molar-refractivity contribution is 6.13. The number of halogens is 3. The summed E-state index contributed by atoms with van der Waals surface area (Å²) in [5, 5.41) is 1.07. The van der Waals surface area contributed by atoms with Crippen LogP contribution in [0.1, 0.15) is 122 Å². The zero-order chi connectivity index (χ0) is 47.9. The van der Waals surface area contributed by atoms with Gasteiger partial charge in [0.2, 0.25) is 0 Å². The van der Waals surface area contributed by atoms with Gasteiger partial charge in [0, 0.05) is 42.0 Å². The Hall–Kier alpha value is -7.04. The van der Waals surface area contributed by atoms with Gasteiger partial charge in [0.25, 0.3) is 0 Å². The fraction of sp³-hybridized carbons (Fsp3) is 0.367. The highest BCUT2D eigenvalue weighted by Crippen LogP contribution is 2.43. The van der Waals surface area contributed by atoms with Crippen molar-refractivity contribution in [3.8, 4) is 0 Å². The Kier molecular flexibility index (Phi) is 12.9. The maximum atomic E-state index is 13.8. The molecule has 0 unspecified atom stereocenters. The summed E-state index contributed by atoms with van der Waals surface area (Å²) >= 11 is 0. The first-order valence-electron chi connectivity index (χ1n) is 21.3. The number of ether oxygens (including phenoxy) is 4. The molecule has 8 rings (SSSR count). The first-order valence-corrected chi connectivity index (χ1v) is 21.3. The van der Waals surface area contributed by atoms with Gasteiger partial charge >= 0.3 is 36.2 Å². The minimum Gasteiger partial charge on any atom is -0.465 e. The zero-order valence-corrected chi connectivity index (χ0v) is 37.8. The third-order valence-corrected chi connectivity index (χ3v) is 10.8. The summed E-state index contributed by atoms with van der Waals surface area (Å²) in [6, 6.07) is 16.6. The Balaban J connectivity index is 0.000000199. The topological polar surface area (TPSA) is 161 Å². The monoisotopic (exact) mass is 909 g/mol. The minimum atomic E-state index is -5.29. The third-order valence-electron chi connectivity index (χ3n) is 10.8. The van der Waals surface area contributed by atoms with Crippen molar-refractivity contribution < 1.29 is 56.1 Å². The number of amides is 1. The van der Waals surface area contributed by atoms with E-state index in [9.17, 15) is 37.1 Å². The second kappa shape index (κ2) is 18.1. The molecule has 1 amide bonds. The predicted octanol–water partition coefficient (Wildman–Crippen LogP) is 10.8. The van der Waals surface area contributed by atoms with E-state index in [1.165, 1.54) is 54.4 Å². The van der Waals surface area contributed by atoms with Gasteiger partial charge in [0.05, 0.1) is 42.2 Å². The van der Waals surface area contributed by atoms with Crippen LogP contribution >= 0.6 is 0 Å². The van der Waals surface area contributed by atoms with Crippen molar-refractivity contribution in [3.63, 3.8) is 0 Å². The number of hydrogen-bond donors (Lipinski definition) is 0. The van der Waals surface area contributed by atoms with Gasteiger partial charge in [-0.15, -0.1) is 0 Å². The number of carbonyl (C=O) groups excluding carboxylic acids is 5. The van der Waals surface area contributed by atoms with E-state index >= 15 is 0 Å². The maximum absolute atomic E-state index is 13.8. The van der Waals surface area contributed by atoms with Gasteiger partial charge in [-0.2, -0.15) is 13.2 Å². The molecule has 66 heavy (non-hydrogen) atoms. The lowest BCUT2D eigenvalue weighted by Crippen LogP contribution is -2.39. The van der Waals surface area contributed by atoms with Gasteiger partial charge in [-0.25, -0.2) is 24.2 Å². The molecule has 6 aromatic rings. The lowest BCUT2D eigenvalue weighted by atomic mass is 10.00. The number of rotatable bonds is 8. The Labute approximate surface area is 378 Å². The van der Waals surface area contributed by atoms with Gasteiger partial charge < -0.3 is 18.9 Å². The number of benzene rings is 2. The summed E-state index contributed by atoms with van der Waals surface area (Å²) in [7, 11) is 2.48. The Morgan fingerprint density at radius 1 is 0.667 bits per heavy atom. The van der Waals surface area contributed by atoms with Crippen LogP contribution in [0.4, 0.5) is 34.3 Å². The third kappa shape index (κ3) is 10.4. The molecule has 346 valence electrons. The van der Waals surface area contributed by atoms with Gasteiger partial charge in [0.1, 0.15) is 16.8 Å². The number of nitrogens with zero attached hydrogens (tertiary/aromatic N) is 5. The number of pyridine rings is 2. The van der Waals surface area contributed by atoms with Crippen molar-refractivity contribution in [2.24, 2.45) is 0 Å². The van der Waals surface area contributed by atoms with Crippen LogP contribution in [-0.2, 0) is 30.2 Å². The molecule has 4 heterocycles. The molecule has 2 aliphatic carbocycles. The predicted molar refractivity (Wildman–Crippen MR) is 238 cm³/mol. The summed E-state index contributed by atoms with van der Waals surface area (Å²) in [4.78, 5) is 72.0. The van der Waals surface area contributed by atoms with Crippen molar-refractivity contribution in [1.82, 2.24) is 19.1 Å². The van der Waals surface area contributed by atoms with E-state index in [1.807, 2.05) is 57.3 Å². The molecule has 0 saturated heterocycles. The molecular formula is C49H50F3N5O9. The maximum Gasteiger partial charge on any atom is 0.472 e. The molecule has 0 bridgehead atoms. The fourth-order valence-electron chi connectivity index (χ4n) is 7.43. The Bertz CT molecular complexity index is 2860. The lowest BCUT2D eigenvalue weighted by molar-refractivity contribution is -0.169. The SMILES string of the molecule is COC(=O)c1cc(C2CC2)cnc1Cc1cccc2c1ccn2C(=O)OC(C)(C)C.COC(=O)c1cc(C2CC2)cnc1N(C(=O)C(F)(F)F)c1cccc2c1ccn2C(=O)OC(C)(C)C. The van der Waals surface area contributed by atoms with Crippen LogP contribution in [0.25, 0.3) is 21.8 Å². The average molecular weight is 910 g/mol. The number of fused-ring (bicyclic) bond motifs is 2. The quantitative estimate of drug-likeness (QED) is 0.106. The molecule has 2 aliphatic rings. The highest BCUT2D eigenvalue weighted by Gasteiger charge is 2.46. The summed E-state index contributed by atoms with van der Waals surface area (Å²) < 4.78 is 64.7. The molecule has 4 aromatic heterocycles. The standard InChI is InChI=1S/C25H24F3N3O5.C24H26N2O4/c1-24(2,3)36-23(34)30-11-10-16-18(30)6-5-7-19(16)31(22(33)25(26,27)28)20-17(21(32)35-4)12-15(13-29-20)14-8-9-14;1-24(2,3)30-23(28)26-11-10-18-16(6-5-7-21(18)26)13-20-19(22(27)29-4)12-17(14-25-20)15-8-9-15/h5-7,10-14H,8-9H2,1-4H3;5-7,10-12,14-15H,8-9,13H2,1-4H3. The summed E-state index contributed by atoms with van der Waals surface area (Å²) in [5.74, 6) is -3.44. The van der Waals surface area contributed by atoms with Crippen molar-refractivity contribution in [3.05, 3.63) is 119 Å². The first-order chi connectivity index (χ1) is 31.1. The van der Waals surface area contributed by atoms with Crippen LogP contribution in [-0.4, -0.2) is 80.7 Å². The van der Waals surface area contributed by atoms with E-state index in [-0.39, 0.29) is 34.0 Å². The number of aromatic nitrogens is 4. The Morgan fingerprint density at radius 3 is 1.67 bits per heavy atom. The van der Waals surface area contributed by atoms with Crippen LogP contribution in [0, 0.1) is 0 Å². The first kappa shape index (κ1) is 46.9. The lowest BCUT2D eigenvalue weighted by Gasteiger charge is -2.25. The van der Waals surface area contributed by atoms with E-state index < -0.39 is 47.3 Å². The second-order valence-corrected chi connectivity index (χ2v) is 18.1. The molecule has 0 spiro atoms. The van der Waals surface area contributed by atoms with Crippen LogP contribution in [0.15, 0.2) is 85.5 Å². The van der Waals surface area contributed by atoms with Crippen LogP contribution in [0.2, 0.25) is 0 Å². The van der Waals surface area contributed by atoms with E-state index in [2.05, 4.69) is 9.97 Å². The van der Waals surface area contributed by atoms with Crippen molar-refractivity contribution >= 4 is 63.3 Å². The molecule has 0 aliphatic heterocycles. The number of anilines is 2. The number of hydrogen-bond acceptors (Lipinski definition) is 11. The molecule has 0 radical (unpaired) electrons. The van der Waals surface area contributed by atoms with E-state index in [4.69, 9.17) is 18.9 Å². The molecular weight excluding hydrogens is 860 g/mol. The van der Waals surface area contributed by atoms with Crippen LogP contribution in [0.5, 0.6) is 0 Å². The average Bonchev–Trinajstić information content (AvgIpc) is 4.19. The number of methoxy groups -OCH3 is 2. The smallest absolute Gasteiger partial charge is 0.465 e. The number of esters is 2. The van der Waals surface area contributed by atoms with E-state index in [0.29, 0.717) is 34.1 Å². The Morgan fingerprint density at radius 2 is 1.15 bits per heavy atom. The molecule has 2 saturated carbocycles. The van der Waals surface area contributed by atoms with Crippen molar-refractivity contribution in [2.45, 2.75) is 103 Å². The minimum absolute atomic E-state index is 0.143. The summed E-state index contributed by atoms with van der Waals surface area (Å²) in [5.41, 5.74) is 3.01. The van der Waals surface area contributed by atoms with Crippen molar-refractivity contribution in [2.75, 3.05) is 19.1 Å². The van der Waals surface area contributed by atoms with Gasteiger partial charge in [-0.1, -0.05) is 18.2 Å². The summed E-state index contributed by atoms with van der Waals surface area (Å²) in [6.07, 6.45) is 4.30. The van der Waals surface area contributed by atoms with Crippen LogP contribution < -0.4 is 4.90 Å².